The molecule has 0 spiro atoms. The van der Waals surface area contributed by atoms with E-state index in [4.69, 9.17) is 5.11 Å². The predicted molar refractivity (Wildman–Crippen MR) is 73.1 cm³/mol. The molecule has 172 valence electrons. The second kappa shape index (κ2) is 9.02. The van der Waals surface area contributed by atoms with Crippen LogP contribution in [0.25, 0.3) is 0 Å². The molecule has 0 radical (unpaired) electrons. The van der Waals surface area contributed by atoms with Crippen molar-refractivity contribution < 1.29 is 67.7 Å². The van der Waals surface area contributed by atoms with Crippen molar-refractivity contribution in [3.8, 4) is 0 Å². The Morgan fingerprint density at radius 2 is 1.41 bits per heavy atom. The Morgan fingerprint density at radius 3 is 1.76 bits per heavy atom. The maximum atomic E-state index is 13.5. The third kappa shape index (κ3) is 5.71. The summed E-state index contributed by atoms with van der Waals surface area (Å²) in [5, 5.41) is 8.88. The zero-order valence-corrected chi connectivity index (χ0v) is 14.4. The van der Waals surface area contributed by atoms with E-state index in [0.717, 1.165) is 0 Å². The van der Waals surface area contributed by atoms with Gasteiger partial charge in [-0.3, -0.25) is 0 Å². The van der Waals surface area contributed by atoms with Crippen LogP contribution in [0.15, 0.2) is 12.2 Å². The number of aliphatic hydroxyl groups is 1. The topological polar surface area (TPSA) is 55.8 Å². The van der Waals surface area contributed by atoms with E-state index in [0.29, 0.717) is 0 Å². The summed E-state index contributed by atoms with van der Waals surface area (Å²) in [5.41, 5.74) is -7.69. The molecule has 0 aromatic carbocycles. The van der Waals surface area contributed by atoms with Crippen LogP contribution in [0.4, 0.5) is 48.3 Å². The predicted octanol–water partition coefficient (Wildman–Crippen LogP) is 3.98. The van der Waals surface area contributed by atoms with Gasteiger partial charge in [-0.05, 0) is 6.92 Å². The van der Waals surface area contributed by atoms with Crippen molar-refractivity contribution in [2.24, 2.45) is 0 Å². The molecule has 0 aliphatic carbocycles. The van der Waals surface area contributed by atoms with E-state index < -0.39 is 68.2 Å². The summed E-state index contributed by atoms with van der Waals surface area (Å²) in [6.07, 6.45) is -18.8. The first-order chi connectivity index (χ1) is 12.8. The molecule has 1 unspecified atom stereocenters. The number of aliphatic hydroxyl groups excluding tert-OH is 1. The molecule has 0 saturated carbocycles. The Balaban J connectivity index is 5.25. The lowest BCUT2D eigenvalue weighted by molar-refractivity contribution is -0.427. The van der Waals surface area contributed by atoms with Gasteiger partial charge in [-0.15, -0.1) is 0 Å². The van der Waals surface area contributed by atoms with Crippen LogP contribution in [0.2, 0.25) is 0 Å². The van der Waals surface area contributed by atoms with Gasteiger partial charge in [0.15, 0.2) is 0 Å². The Bertz CT molecular complexity index is 569. The van der Waals surface area contributed by atoms with Crippen molar-refractivity contribution in [2.45, 2.75) is 49.3 Å². The van der Waals surface area contributed by atoms with Crippen molar-refractivity contribution in [3.05, 3.63) is 12.2 Å². The van der Waals surface area contributed by atoms with E-state index in [1.165, 1.54) is 6.92 Å². The minimum atomic E-state index is -7.53. The van der Waals surface area contributed by atoms with Crippen LogP contribution in [0.3, 0.4) is 0 Å². The van der Waals surface area contributed by atoms with Gasteiger partial charge in [-0.2, -0.15) is 43.9 Å². The van der Waals surface area contributed by atoms with Crippen LogP contribution in [0.1, 0.15) is 13.3 Å². The molecule has 0 aliphatic rings. The lowest BCUT2D eigenvalue weighted by Crippen LogP contribution is -2.70. The largest absolute Gasteiger partial charge is 0.454 e. The number of hydrogen-bond donors (Lipinski definition) is 1. The number of halogens is 11. The molecule has 4 nitrogen and oxygen atoms in total. The van der Waals surface area contributed by atoms with Crippen molar-refractivity contribution in [2.75, 3.05) is 19.8 Å². The number of rotatable bonds is 10. The molecular formula is C14H15F11O4. The normalized spacial score (nSPS) is 15.2. The Morgan fingerprint density at radius 1 is 0.966 bits per heavy atom. The molecular weight excluding hydrogens is 441 g/mol. The average molecular weight is 456 g/mol. The first-order valence-corrected chi connectivity index (χ1v) is 7.39. The lowest BCUT2D eigenvalue weighted by atomic mass is 9.89. The van der Waals surface area contributed by atoms with Crippen LogP contribution >= 0.6 is 0 Å². The molecule has 0 aliphatic heterocycles. The summed E-state index contributed by atoms with van der Waals surface area (Å²) in [7, 11) is 0. The van der Waals surface area contributed by atoms with Gasteiger partial charge in [0.2, 0.25) is 0 Å². The first-order valence-electron chi connectivity index (χ1n) is 7.39. The fraction of sp³-hybridized carbons (Fsp3) is 0.786. The Labute approximate surface area is 156 Å². The summed E-state index contributed by atoms with van der Waals surface area (Å²) in [6.45, 7) is 0.868. The quantitative estimate of drug-likeness (QED) is 0.234. The van der Waals surface area contributed by atoms with Gasteiger partial charge in [0, 0.05) is 12.0 Å². The highest BCUT2D eigenvalue weighted by Gasteiger charge is 2.89. The molecule has 0 aromatic rings. The third-order valence-corrected chi connectivity index (χ3v) is 3.36. The number of carbonyl (C=O) groups excluding carboxylic acids is 1. The molecule has 0 amide bonds. The molecule has 1 N–H and O–H groups in total. The van der Waals surface area contributed by atoms with E-state index in [-0.39, 0.29) is 5.57 Å². The van der Waals surface area contributed by atoms with Crippen LogP contribution in [-0.4, -0.2) is 66.9 Å². The Kier molecular flexibility index (Phi) is 8.51. The number of hydrogen-bond acceptors (Lipinski definition) is 4. The van der Waals surface area contributed by atoms with Gasteiger partial charge in [-0.1, -0.05) is 6.58 Å². The highest BCUT2D eigenvalue weighted by molar-refractivity contribution is 5.87. The van der Waals surface area contributed by atoms with E-state index in [1.807, 2.05) is 0 Å². The third-order valence-electron chi connectivity index (χ3n) is 3.36. The van der Waals surface area contributed by atoms with Gasteiger partial charge < -0.3 is 14.6 Å². The van der Waals surface area contributed by atoms with E-state index in [9.17, 15) is 53.1 Å². The highest BCUT2D eigenvalue weighted by Crippen LogP contribution is 2.59. The monoisotopic (exact) mass is 456 g/mol. The van der Waals surface area contributed by atoms with Gasteiger partial charge in [0.25, 0.3) is 0 Å². The standard InChI is InChI=1S/C14H15F11O4/c1-7(2)9(27)29-8(5-26)6-28-4-3-10(15,16)12(18,19)11(17,13(20,21)22)14(23,24)25/h8,26H,1,3-6H2,2H3. The summed E-state index contributed by atoms with van der Waals surface area (Å²) >= 11 is 0. The molecule has 1 atom stereocenters. The first kappa shape index (κ1) is 27.4. The van der Waals surface area contributed by atoms with Crippen LogP contribution in [0, 0.1) is 0 Å². The number of esters is 1. The maximum Gasteiger partial charge on any atom is 0.438 e. The fourth-order valence-electron chi connectivity index (χ4n) is 1.72. The summed E-state index contributed by atoms with van der Waals surface area (Å²) in [5.74, 6) is -14.4. The van der Waals surface area contributed by atoms with Crippen molar-refractivity contribution in [3.63, 3.8) is 0 Å². The maximum absolute atomic E-state index is 13.5. The molecule has 0 fully saturated rings. The van der Waals surface area contributed by atoms with Gasteiger partial charge >= 0.3 is 35.8 Å². The van der Waals surface area contributed by atoms with Gasteiger partial charge in [-0.25, -0.2) is 9.18 Å². The van der Waals surface area contributed by atoms with Crippen molar-refractivity contribution in [1.82, 2.24) is 0 Å². The number of alkyl halides is 11. The van der Waals surface area contributed by atoms with E-state index in [2.05, 4.69) is 16.1 Å². The van der Waals surface area contributed by atoms with Gasteiger partial charge in [0.1, 0.15) is 6.10 Å². The van der Waals surface area contributed by atoms with Gasteiger partial charge in [0.05, 0.1) is 19.8 Å². The van der Waals surface area contributed by atoms with Crippen molar-refractivity contribution >= 4 is 5.97 Å². The zero-order valence-electron chi connectivity index (χ0n) is 14.4. The van der Waals surface area contributed by atoms with Crippen LogP contribution < -0.4 is 0 Å². The van der Waals surface area contributed by atoms with E-state index >= 15 is 0 Å². The Hall–Kier alpha value is -1.64. The van der Waals surface area contributed by atoms with Crippen LogP contribution in [0.5, 0.6) is 0 Å². The SMILES string of the molecule is C=C(C)C(=O)OC(CO)COCCC(F)(F)C(F)(F)C(F)(C(F)(F)F)C(F)(F)F. The second-order valence-corrected chi connectivity index (χ2v) is 5.75. The molecule has 15 heteroatoms. The molecule has 0 rings (SSSR count). The van der Waals surface area contributed by atoms with Crippen molar-refractivity contribution in [1.29, 1.82) is 0 Å². The molecule has 0 bridgehead atoms. The minimum Gasteiger partial charge on any atom is -0.454 e. The molecule has 29 heavy (non-hydrogen) atoms. The summed E-state index contributed by atoms with van der Waals surface area (Å²) in [6, 6.07) is 0. The molecule has 0 saturated heterocycles. The highest BCUT2D eigenvalue weighted by atomic mass is 19.4. The lowest BCUT2D eigenvalue weighted by Gasteiger charge is -2.39. The minimum absolute atomic E-state index is 0.159. The van der Waals surface area contributed by atoms with Crippen LogP contribution in [-0.2, 0) is 14.3 Å². The summed E-state index contributed by atoms with van der Waals surface area (Å²) < 4.78 is 150. The number of carbonyl (C=O) groups is 1. The second-order valence-electron chi connectivity index (χ2n) is 5.75. The number of ether oxygens (including phenoxy) is 2. The zero-order chi connectivity index (χ0) is 23.5. The summed E-state index contributed by atoms with van der Waals surface area (Å²) in [4.78, 5) is 11.2. The van der Waals surface area contributed by atoms with E-state index in [1.54, 1.807) is 0 Å². The molecule has 0 heterocycles. The molecule has 0 aromatic heterocycles. The smallest absolute Gasteiger partial charge is 0.438 e. The fourth-order valence-corrected chi connectivity index (χ4v) is 1.72. The average Bonchev–Trinajstić information content (AvgIpc) is 2.53.